The Morgan fingerprint density at radius 1 is 0.571 bits per heavy atom. The molecular weight excluding hydrogens is 348 g/mol. The summed E-state index contributed by atoms with van der Waals surface area (Å²) >= 11 is 0. The second kappa shape index (κ2) is 22.7. The highest BCUT2D eigenvalue weighted by Crippen LogP contribution is 2.15. The summed E-state index contributed by atoms with van der Waals surface area (Å²) in [5.41, 5.74) is 0. The monoisotopic (exact) mass is 398 g/mol. The summed E-state index contributed by atoms with van der Waals surface area (Å²) in [6.07, 6.45) is 26.3. The molecule has 0 saturated carbocycles. The first-order chi connectivity index (χ1) is 13.7. The maximum Gasteiger partial charge on any atom is 0.303 e. The Hall–Kier alpha value is -0.570. The Morgan fingerprint density at radius 3 is 1.25 bits per heavy atom. The number of carboxylic acid groups (broad SMARTS) is 1. The Balaban J connectivity index is 3.13. The molecule has 1 atom stereocenters. The van der Waals surface area contributed by atoms with Crippen LogP contribution >= 0.6 is 0 Å². The van der Waals surface area contributed by atoms with Crippen molar-refractivity contribution in [2.45, 2.75) is 154 Å². The van der Waals surface area contributed by atoms with E-state index in [2.05, 4.69) is 6.92 Å². The van der Waals surface area contributed by atoms with Gasteiger partial charge in [-0.25, -0.2) is 0 Å². The minimum atomic E-state index is -0.664. The molecule has 0 rings (SSSR count). The van der Waals surface area contributed by atoms with Crippen molar-refractivity contribution in [3.05, 3.63) is 0 Å². The van der Waals surface area contributed by atoms with E-state index in [-0.39, 0.29) is 6.10 Å². The molecule has 0 aromatic carbocycles. The smallest absolute Gasteiger partial charge is 0.303 e. The highest BCUT2D eigenvalue weighted by atomic mass is 16.4. The number of carbonyl (C=O) groups is 1. The molecule has 0 aromatic heterocycles. The van der Waals surface area contributed by atoms with Crippen LogP contribution in [0.3, 0.4) is 0 Å². The first-order valence-corrected chi connectivity index (χ1v) is 12.6. The highest BCUT2D eigenvalue weighted by molar-refractivity contribution is 5.66. The number of aliphatic hydroxyl groups is 1. The molecule has 0 aliphatic rings. The van der Waals surface area contributed by atoms with Gasteiger partial charge in [0.1, 0.15) is 0 Å². The van der Waals surface area contributed by atoms with Crippen LogP contribution in [0, 0.1) is 0 Å². The quantitative estimate of drug-likeness (QED) is 0.171. The van der Waals surface area contributed by atoms with Crippen LogP contribution in [0.15, 0.2) is 0 Å². The van der Waals surface area contributed by atoms with Crippen molar-refractivity contribution in [3.63, 3.8) is 0 Å². The molecule has 168 valence electrons. The third-order valence-corrected chi connectivity index (χ3v) is 5.82. The van der Waals surface area contributed by atoms with Gasteiger partial charge in [-0.1, -0.05) is 122 Å². The molecule has 0 bridgehead atoms. The third-order valence-electron chi connectivity index (χ3n) is 5.82. The molecule has 0 amide bonds. The second-order valence-electron chi connectivity index (χ2n) is 8.74. The third kappa shape index (κ3) is 23.5. The lowest BCUT2D eigenvalue weighted by atomic mass is 10.0. The van der Waals surface area contributed by atoms with Crippen LogP contribution in [-0.4, -0.2) is 22.3 Å². The van der Waals surface area contributed by atoms with Crippen molar-refractivity contribution in [2.24, 2.45) is 0 Å². The molecule has 3 nitrogen and oxygen atoms in total. The summed E-state index contributed by atoms with van der Waals surface area (Å²) in [4.78, 5) is 10.4. The molecule has 0 spiro atoms. The Kier molecular flexibility index (Phi) is 22.3. The molecule has 2 N–H and O–H groups in total. The topological polar surface area (TPSA) is 57.5 Å². The minimum absolute atomic E-state index is 0.0638. The van der Waals surface area contributed by atoms with Crippen molar-refractivity contribution >= 4 is 5.97 Å². The molecule has 1 unspecified atom stereocenters. The fraction of sp³-hybridized carbons (Fsp3) is 0.960. The number of aliphatic hydroxyl groups excluding tert-OH is 1. The lowest BCUT2D eigenvalue weighted by Crippen LogP contribution is -2.05. The first kappa shape index (κ1) is 27.4. The van der Waals surface area contributed by atoms with Crippen molar-refractivity contribution in [3.8, 4) is 0 Å². The largest absolute Gasteiger partial charge is 0.481 e. The van der Waals surface area contributed by atoms with Gasteiger partial charge in [-0.15, -0.1) is 0 Å². The average molecular weight is 399 g/mol. The van der Waals surface area contributed by atoms with Crippen molar-refractivity contribution < 1.29 is 15.0 Å². The van der Waals surface area contributed by atoms with Crippen LogP contribution < -0.4 is 0 Å². The highest BCUT2D eigenvalue weighted by Gasteiger charge is 2.03. The minimum Gasteiger partial charge on any atom is -0.481 e. The van der Waals surface area contributed by atoms with Gasteiger partial charge in [0.25, 0.3) is 0 Å². The fourth-order valence-corrected chi connectivity index (χ4v) is 3.91. The number of hydrogen-bond donors (Lipinski definition) is 2. The number of hydrogen-bond acceptors (Lipinski definition) is 2. The summed E-state index contributed by atoms with van der Waals surface area (Å²) in [6, 6.07) is 0. The fourth-order valence-electron chi connectivity index (χ4n) is 3.91. The van der Waals surface area contributed by atoms with Crippen molar-refractivity contribution in [2.75, 3.05) is 0 Å². The summed E-state index contributed by atoms with van der Waals surface area (Å²) < 4.78 is 0. The zero-order valence-electron chi connectivity index (χ0n) is 18.9. The normalized spacial score (nSPS) is 12.4. The van der Waals surface area contributed by atoms with Crippen LogP contribution in [-0.2, 0) is 4.79 Å². The number of rotatable bonds is 23. The van der Waals surface area contributed by atoms with Crippen LogP contribution in [0.4, 0.5) is 0 Å². The van der Waals surface area contributed by atoms with E-state index in [4.69, 9.17) is 5.11 Å². The number of unbranched alkanes of at least 4 members (excludes halogenated alkanes) is 17. The van der Waals surface area contributed by atoms with E-state index >= 15 is 0 Å². The Labute approximate surface area is 175 Å². The SMILES string of the molecule is CCCCCCCCCC(O)CCCCCCCCCCCCCCC(=O)O. The molecule has 0 fully saturated rings. The van der Waals surface area contributed by atoms with Gasteiger partial charge < -0.3 is 10.2 Å². The van der Waals surface area contributed by atoms with Gasteiger partial charge in [-0.05, 0) is 19.3 Å². The first-order valence-electron chi connectivity index (χ1n) is 12.6. The van der Waals surface area contributed by atoms with E-state index in [0.29, 0.717) is 6.42 Å². The maximum absolute atomic E-state index is 10.4. The molecule has 0 aliphatic carbocycles. The summed E-state index contributed by atoms with van der Waals surface area (Å²) in [6.45, 7) is 2.26. The van der Waals surface area contributed by atoms with Gasteiger partial charge in [0, 0.05) is 6.42 Å². The molecule has 3 heteroatoms. The molecular formula is C25H50O3. The maximum atomic E-state index is 10.4. The molecule has 0 aliphatic heterocycles. The zero-order chi connectivity index (χ0) is 20.7. The van der Waals surface area contributed by atoms with Crippen LogP contribution in [0.2, 0.25) is 0 Å². The Bertz CT molecular complexity index is 317. The van der Waals surface area contributed by atoms with E-state index in [1.807, 2.05) is 0 Å². The average Bonchev–Trinajstić information content (AvgIpc) is 2.67. The molecule has 0 aromatic rings. The summed E-state index contributed by atoms with van der Waals surface area (Å²) in [5.74, 6) is -0.664. The van der Waals surface area contributed by atoms with E-state index in [0.717, 1.165) is 25.7 Å². The van der Waals surface area contributed by atoms with E-state index in [9.17, 15) is 9.90 Å². The zero-order valence-corrected chi connectivity index (χ0v) is 18.9. The second-order valence-corrected chi connectivity index (χ2v) is 8.74. The van der Waals surface area contributed by atoms with Crippen LogP contribution in [0.5, 0.6) is 0 Å². The van der Waals surface area contributed by atoms with Gasteiger partial charge in [-0.2, -0.15) is 0 Å². The van der Waals surface area contributed by atoms with Gasteiger partial charge >= 0.3 is 5.97 Å². The molecule has 0 radical (unpaired) electrons. The molecule has 0 heterocycles. The lowest BCUT2D eigenvalue weighted by molar-refractivity contribution is -0.137. The Morgan fingerprint density at radius 2 is 0.893 bits per heavy atom. The van der Waals surface area contributed by atoms with E-state index in [1.165, 1.54) is 109 Å². The molecule has 0 saturated heterocycles. The van der Waals surface area contributed by atoms with Crippen molar-refractivity contribution in [1.82, 2.24) is 0 Å². The lowest BCUT2D eigenvalue weighted by Gasteiger charge is -2.10. The van der Waals surface area contributed by atoms with Crippen molar-refractivity contribution in [1.29, 1.82) is 0 Å². The number of aliphatic carboxylic acids is 1. The standard InChI is InChI=1S/C25H50O3/c1-2-3-4-5-12-15-18-21-24(26)22-19-16-13-10-8-6-7-9-11-14-17-20-23-25(27)28/h24,26H,2-23H2,1H3,(H,27,28). The van der Waals surface area contributed by atoms with Gasteiger partial charge in [0.2, 0.25) is 0 Å². The van der Waals surface area contributed by atoms with Gasteiger partial charge in [0.05, 0.1) is 6.10 Å². The van der Waals surface area contributed by atoms with Crippen LogP contribution in [0.25, 0.3) is 0 Å². The van der Waals surface area contributed by atoms with Gasteiger partial charge in [-0.3, -0.25) is 4.79 Å². The predicted molar refractivity (Wildman–Crippen MR) is 121 cm³/mol. The van der Waals surface area contributed by atoms with Gasteiger partial charge in [0.15, 0.2) is 0 Å². The summed E-state index contributed by atoms with van der Waals surface area (Å²) in [5, 5.41) is 18.6. The number of carboxylic acids is 1. The van der Waals surface area contributed by atoms with E-state index < -0.39 is 5.97 Å². The van der Waals surface area contributed by atoms with E-state index in [1.54, 1.807) is 0 Å². The summed E-state index contributed by atoms with van der Waals surface area (Å²) in [7, 11) is 0. The van der Waals surface area contributed by atoms with Crippen LogP contribution in [0.1, 0.15) is 148 Å². The molecule has 28 heavy (non-hydrogen) atoms. The predicted octanol–water partition coefficient (Wildman–Crippen LogP) is 8.03.